The first-order valence-corrected chi connectivity index (χ1v) is 10.6. The number of morpholine rings is 1. The van der Waals surface area contributed by atoms with E-state index >= 15 is 0 Å². The molecule has 9 heteroatoms. The second kappa shape index (κ2) is 11.3. The van der Waals surface area contributed by atoms with Crippen LogP contribution in [0.15, 0.2) is 12.1 Å². The molecule has 1 aliphatic carbocycles. The van der Waals surface area contributed by atoms with Gasteiger partial charge in [-0.15, -0.1) is 0 Å². The van der Waals surface area contributed by atoms with Gasteiger partial charge in [0.15, 0.2) is 0 Å². The molecule has 0 bridgehead atoms. The van der Waals surface area contributed by atoms with E-state index in [4.69, 9.17) is 14.6 Å². The number of carboxylic acid groups (broad SMARTS) is 1. The highest BCUT2D eigenvalue weighted by atomic mass is 16.5. The fourth-order valence-electron chi connectivity index (χ4n) is 3.83. The lowest BCUT2D eigenvalue weighted by Crippen LogP contribution is -2.52. The first kappa shape index (κ1) is 24.9. The molecule has 0 radical (unpaired) electrons. The third-order valence-corrected chi connectivity index (χ3v) is 5.50. The number of amides is 2. The van der Waals surface area contributed by atoms with Gasteiger partial charge in [0.05, 0.1) is 19.3 Å². The van der Waals surface area contributed by atoms with E-state index < -0.39 is 12.2 Å². The van der Waals surface area contributed by atoms with E-state index in [0.717, 1.165) is 30.6 Å². The first-order valence-electron chi connectivity index (χ1n) is 10.6. The standard InChI is InChI=1S/C21H32N4O5.CH4/c1-13-11-22-12-18(30-13)20(26)25(17-6-7-17)14(2)15-9-16(24-19(10-15)29-3)5-4-8-23-21(27)28;/h9-10,13-14,17-18,22-23H,4-8,11-12H2,1-3H3,(H,27,28);1H4/t13-,14-,18-;/m1./s1. The van der Waals surface area contributed by atoms with Crippen LogP contribution in [0, 0.1) is 0 Å². The Morgan fingerprint density at radius 3 is 2.74 bits per heavy atom. The molecule has 2 heterocycles. The monoisotopic (exact) mass is 436 g/mol. The summed E-state index contributed by atoms with van der Waals surface area (Å²) in [5.41, 5.74) is 1.77. The van der Waals surface area contributed by atoms with E-state index in [1.165, 1.54) is 0 Å². The molecule has 1 saturated heterocycles. The van der Waals surface area contributed by atoms with E-state index in [2.05, 4.69) is 15.6 Å². The summed E-state index contributed by atoms with van der Waals surface area (Å²) in [7, 11) is 1.57. The number of pyridine rings is 1. The molecular weight excluding hydrogens is 400 g/mol. The van der Waals surface area contributed by atoms with Crippen molar-refractivity contribution < 1.29 is 24.2 Å². The molecule has 2 fully saturated rings. The van der Waals surface area contributed by atoms with E-state index in [0.29, 0.717) is 31.8 Å². The first-order chi connectivity index (χ1) is 14.4. The Labute approximate surface area is 184 Å². The van der Waals surface area contributed by atoms with Gasteiger partial charge in [-0.25, -0.2) is 9.78 Å². The second-order valence-electron chi connectivity index (χ2n) is 8.02. The maximum absolute atomic E-state index is 13.3. The lowest BCUT2D eigenvalue weighted by Gasteiger charge is -2.36. The third-order valence-electron chi connectivity index (χ3n) is 5.50. The summed E-state index contributed by atoms with van der Waals surface area (Å²) >= 11 is 0. The van der Waals surface area contributed by atoms with Crippen LogP contribution in [0.3, 0.4) is 0 Å². The minimum atomic E-state index is -1.03. The van der Waals surface area contributed by atoms with E-state index in [9.17, 15) is 9.59 Å². The number of carbonyl (C=O) groups is 2. The van der Waals surface area contributed by atoms with Crippen LogP contribution in [0.2, 0.25) is 0 Å². The average molecular weight is 437 g/mol. The Morgan fingerprint density at radius 2 is 2.13 bits per heavy atom. The Balaban J connectivity index is 0.00000341. The van der Waals surface area contributed by atoms with Crippen LogP contribution in [-0.2, 0) is 16.0 Å². The molecule has 0 unspecified atom stereocenters. The average Bonchev–Trinajstić information content (AvgIpc) is 3.56. The lowest BCUT2D eigenvalue weighted by atomic mass is 10.0. The van der Waals surface area contributed by atoms with Crippen molar-refractivity contribution in [3.63, 3.8) is 0 Å². The summed E-state index contributed by atoms with van der Waals surface area (Å²) in [6.45, 7) is 5.64. The summed E-state index contributed by atoms with van der Waals surface area (Å²) < 4.78 is 11.3. The van der Waals surface area contributed by atoms with Gasteiger partial charge >= 0.3 is 6.09 Å². The largest absolute Gasteiger partial charge is 0.481 e. The van der Waals surface area contributed by atoms with Gasteiger partial charge in [-0.2, -0.15) is 0 Å². The fourth-order valence-corrected chi connectivity index (χ4v) is 3.83. The molecule has 0 aromatic carbocycles. The van der Waals surface area contributed by atoms with Crippen molar-refractivity contribution in [3.05, 3.63) is 23.4 Å². The van der Waals surface area contributed by atoms with E-state index in [1.54, 1.807) is 7.11 Å². The van der Waals surface area contributed by atoms with Crippen LogP contribution in [0.4, 0.5) is 4.79 Å². The molecule has 0 spiro atoms. The molecule has 2 amide bonds. The van der Waals surface area contributed by atoms with Gasteiger partial charge in [0, 0.05) is 37.4 Å². The highest BCUT2D eigenvalue weighted by molar-refractivity contribution is 5.82. The number of methoxy groups -OCH3 is 1. The number of hydrogen-bond donors (Lipinski definition) is 3. The molecule has 1 saturated carbocycles. The van der Waals surface area contributed by atoms with Crippen molar-refractivity contribution in [2.45, 2.75) is 71.2 Å². The number of hydrogen-bond acceptors (Lipinski definition) is 6. The second-order valence-corrected chi connectivity index (χ2v) is 8.02. The number of carbonyl (C=O) groups excluding carboxylic acids is 1. The zero-order valence-electron chi connectivity index (χ0n) is 17.9. The molecule has 9 nitrogen and oxygen atoms in total. The van der Waals surface area contributed by atoms with Gasteiger partial charge in [0.2, 0.25) is 5.88 Å². The van der Waals surface area contributed by atoms with Crippen LogP contribution in [0.25, 0.3) is 0 Å². The Morgan fingerprint density at radius 1 is 1.39 bits per heavy atom. The Bertz CT molecular complexity index is 755. The predicted octanol–water partition coefficient (Wildman–Crippen LogP) is 2.36. The zero-order chi connectivity index (χ0) is 21.7. The Kier molecular flexibility index (Phi) is 9.06. The molecule has 3 atom stereocenters. The van der Waals surface area contributed by atoms with Gasteiger partial charge < -0.3 is 30.1 Å². The summed E-state index contributed by atoms with van der Waals surface area (Å²) in [6.07, 6.45) is 1.75. The summed E-state index contributed by atoms with van der Waals surface area (Å²) in [5, 5.41) is 14.3. The topological polar surface area (TPSA) is 113 Å². The number of nitrogens with one attached hydrogen (secondary N) is 2. The smallest absolute Gasteiger partial charge is 0.404 e. The SMILES string of the molecule is C.COc1cc([C@@H](C)N(C(=O)[C@H]2CNC[C@@H](C)O2)C2CC2)cc(CCCNC(=O)O)n1. The van der Waals surface area contributed by atoms with Crippen molar-refractivity contribution in [3.8, 4) is 5.88 Å². The van der Waals surface area contributed by atoms with Gasteiger partial charge in [-0.3, -0.25) is 4.79 Å². The van der Waals surface area contributed by atoms with E-state index in [1.807, 2.05) is 30.9 Å². The molecule has 174 valence electrons. The summed E-state index contributed by atoms with van der Waals surface area (Å²) in [5.74, 6) is 0.514. The molecule has 1 aromatic heterocycles. The summed E-state index contributed by atoms with van der Waals surface area (Å²) in [4.78, 5) is 30.4. The number of aryl methyl sites for hydroxylation is 1. The molecular formula is C22H36N4O5. The minimum Gasteiger partial charge on any atom is -0.481 e. The molecule has 3 rings (SSSR count). The van der Waals surface area contributed by atoms with Gasteiger partial charge in [-0.05, 0) is 51.2 Å². The van der Waals surface area contributed by atoms with E-state index in [-0.39, 0.29) is 31.5 Å². The molecule has 1 aromatic rings. The van der Waals surface area contributed by atoms with Crippen molar-refractivity contribution in [1.82, 2.24) is 20.5 Å². The van der Waals surface area contributed by atoms with Crippen molar-refractivity contribution in [1.29, 1.82) is 0 Å². The van der Waals surface area contributed by atoms with Gasteiger partial charge in [0.1, 0.15) is 6.10 Å². The van der Waals surface area contributed by atoms with Crippen LogP contribution in [0.5, 0.6) is 5.88 Å². The molecule has 2 aliphatic rings. The number of rotatable bonds is 9. The molecule has 31 heavy (non-hydrogen) atoms. The lowest BCUT2D eigenvalue weighted by molar-refractivity contribution is -0.152. The molecule has 1 aliphatic heterocycles. The Hall–Kier alpha value is -2.39. The third kappa shape index (κ3) is 6.80. The van der Waals surface area contributed by atoms with Crippen molar-refractivity contribution in [2.24, 2.45) is 0 Å². The van der Waals surface area contributed by atoms with Crippen LogP contribution < -0.4 is 15.4 Å². The fraction of sp³-hybridized carbons (Fsp3) is 0.682. The minimum absolute atomic E-state index is 0. The highest BCUT2D eigenvalue weighted by Crippen LogP contribution is 2.36. The number of nitrogens with zero attached hydrogens (tertiary/aromatic N) is 2. The summed E-state index contributed by atoms with van der Waals surface area (Å²) in [6, 6.07) is 3.95. The number of aromatic nitrogens is 1. The molecule has 3 N–H and O–H groups in total. The zero-order valence-corrected chi connectivity index (χ0v) is 17.9. The maximum Gasteiger partial charge on any atom is 0.404 e. The highest BCUT2D eigenvalue weighted by Gasteiger charge is 2.40. The number of ether oxygens (including phenoxy) is 2. The van der Waals surface area contributed by atoms with Crippen molar-refractivity contribution >= 4 is 12.0 Å². The van der Waals surface area contributed by atoms with Crippen LogP contribution in [0.1, 0.15) is 57.8 Å². The predicted molar refractivity (Wildman–Crippen MR) is 117 cm³/mol. The van der Waals surface area contributed by atoms with Crippen LogP contribution >= 0.6 is 0 Å². The quantitative estimate of drug-likeness (QED) is 0.509. The van der Waals surface area contributed by atoms with Crippen molar-refractivity contribution in [2.75, 3.05) is 26.7 Å². The normalized spacial score (nSPS) is 21.5. The maximum atomic E-state index is 13.3. The van der Waals surface area contributed by atoms with Gasteiger partial charge in [-0.1, -0.05) is 7.43 Å². The van der Waals surface area contributed by atoms with Gasteiger partial charge in [0.25, 0.3) is 5.91 Å². The van der Waals surface area contributed by atoms with Crippen LogP contribution in [-0.4, -0.2) is 72.0 Å².